The molecule has 1 amide bonds. The summed E-state index contributed by atoms with van der Waals surface area (Å²) in [6, 6.07) is -0.880. The van der Waals surface area contributed by atoms with Crippen LogP contribution in [0.15, 0.2) is 6.20 Å². The lowest BCUT2D eigenvalue weighted by atomic mass is 10.0. The lowest BCUT2D eigenvalue weighted by molar-refractivity contribution is -0.139. The van der Waals surface area contributed by atoms with Crippen molar-refractivity contribution in [3.63, 3.8) is 0 Å². The van der Waals surface area contributed by atoms with Crippen LogP contribution in [0.25, 0.3) is 0 Å². The van der Waals surface area contributed by atoms with Crippen LogP contribution in [0.3, 0.4) is 0 Å². The van der Waals surface area contributed by atoms with Gasteiger partial charge in [0, 0.05) is 5.69 Å². The molecule has 0 aliphatic heterocycles. The van der Waals surface area contributed by atoms with Crippen molar-refractivity contribution in [2.24, 2.45) is 5.92 Å². The SMILES string of the molecule is Cc1c(C(=O)N[C@H](CC(C)C)C(=O)O)cnn1C(C)(C)C. The zero-order valence-electron chi connectivity index (χ0n) is 13.6. The van der Waals surface area contributed by atoms with Gasteiger partial charge in [-0.05, 0) is 40.0 Å². The van der Waals surface area contributed by atoms with Crippen LogP contribution in [0.4, 0.5) is 0 Å². The molecule has 118 valence electrons. The van der Waals surface area contributed by atoms with Crippen molar-refractivity contribution < 1.29 is 14.7 Å². The van der Waals surface area contributed by atoms with Gasteiger partial charge in [0.1, 0.15) is 6.04 Å². The molecule has 0 aliphatic carbocycles. The third-order valence-corrected chi connectivity index (χ3v) is 3.20. The second-order valence-corrected chi connectivity index (χ2v) is 6.72. The van der Waals surface area contributed by atoms with Crippen molar-refractivity contribution in [3.05, 3.63) is 17.5 Å². The Labute approximate surface area is 125 Å². The molecule has 1 aromatic heterocycles. The highest BCUT2D eigenvalue weighted by atomic mass is 16.4. The number of carboxylic acid groups (broad SMARTS) is 1. The van der Waals surface area contributed by atoms with Crippen LogP contribution >= 0.6 is 0 Å². The zero-order valence-corrected chi connectivity index (χ0v) is 13.6. The third kappa shape index (κ3) is 4.31. The summed E-state index contributed by atoms with van der Waals surface area (Å²) in [6.45, 7) is 11.6. The maximum atomic E-state index is 12.3. The Morgan fingerprint density at radius 3 is 2.33 bits per heavy atom. The second-order valence-electron chi connectivity index (χ2n) is 6.72. The Bertz CT molecular complexity index is 527. The summed E-state index contributed by atoms with van der Waals surface area (Å²) >= 11 is 0. The van der Waals surface area contributed by atoms with E-state index >= 15 is 0 Å². The quantitative estimate of drug-likeness (QED) is 0.872. The van der Waals surface area contributed by atoms with Crippen molar-refractivity contribution in [3.8, 4) is 0 Å². The van der Waals surface area contributed by atoms with Crippen molar-refractivity contribution >= 4 is 11.9 Å². The highest BCUT2D eigenvalue weighted by Gasteiger charge is 2.25. The summed E-state index contributed by atoms with van der Waals surface area (Å²) in [5.74, 6) is -1.22. The molecule has 0 spiro atoms. The van der Waals surface area contributed by atoms with Crippen LogP contribution in [-0.4, -0.2) is 32.8 Å². The first-order chi connectivity index (χ1) is 9.54. The molecule has 0 bridgehead atoms. The van der Waals surface area contributed by atoms with Crippen LogP contribution in [0.1, 0.15) is 57.1 Å². The smallest absolute Gasteiger partial charge is 0.326 e. The topological polar surface area (TPSA) is 84.2 Å². The van der Waals surface area contributed by atoms with Gasteiger partial charge in [-0.3, -0.25) is 9.48 Å². The molecule has 21 heavy (non-hydrogen) atoms. The van der Waals surface area contributed by atoms with Gasteiger partial charge in [0.2, 0.25) is 0 Å². The molecule has 1 heterocycles. The molecular weight excluding hydrogens is 270 g/mol. The molecule has 0 saturated carbocycles. The number of carbonyl (C=O) groups is 2. The van der Waals surface area contributed by atoms with Crippen LogP contribution in [0, 0.1) is 12.8 Å². The molecule has 1 rings (SSSR count). The minimum Gasteiger partial charge on any atom is -0.480 e. The lowest BCUT2D eigenvalue weighted by Crippen LogP contribution is -2.41. The number of rotatable bonds is 5. The molecular formula is C15H25N3O3. The second kappa shape index (κ2) is 6.28. The Morgan fingerprint density at radius 2 is 1.95 bits per heavy atom. The predicted octanol–water partition coefficient (Wildman–Crippen LogP) is 2.18. The van der Waals surface area contributed by atoms with Crippen LogP contribution in [0.2, 0.25) is 0 Å². The third-order valence-electron chi connectivity index (χ3n) is 3.20. The number of hydrogen-bond acceptors (Lipinski definition) is 3. The Kier molecular flexibility index (Phi) is 5.15. The summed E-state index contributed by atoms with van der Waals surface area (Å²) in [7, 11) is 0. The Hall–Kier alpha value is -1.85. The summed E-state index contributed by atoms with van der Waals surface area (Å²) in [5.41, 5.74) is 0.917. The summed E-state index contributed by atoms with van der Waals surface area (Å²) in [4.78, 5) is 23.5. The van der Waals surface area contributed by atoms with Gasteiger partial charge < -0.3 is 10.4 Å². The highest BCUT2D eigenvalue weighted by molar-refractivity contribution is 5.97. The molecule has 1 atom stereocenters. The van der Waals surface area contributed by atoms with E-state index in [1.54, 1.807) is 4.68 Å². The lowest BCUT2D eigenvalue weighted by Gasteiger charge is -2.21. The van der Waals surface area contributed by atoms with E-state index in [9.17, 15) is 14.7 Å². The van der Waals surface area contributed by atoms with Gasteiger partial charge in [0.05, 0.1) is 17.3 Å². The van der Waals surface area contributed by atoms with E-state index in [0.29, 0.717) is 12.0 Å². The Morgan fingerprint density at radius 1 is 1.38 bits per heavy atom. The van der Waals surface area contributed by atoms with E-state index in [-0.39, 0.29) is 11.5 Å². The van der Waals surface area contributed by atoms with Gasteiger partial charge in [0.15, 0.2) is 0 Å². The predicted molar refractivity (Wildman–Crippen MR) is 80.3 cm³/mol. The largest absolute Gasteiger partial charge is 0.480 e. The molecule has 6 nitrogen and oxygen atoms in total. The normalized spacial score (nSPS) is 13.3. The van der Waals surface area contributed by atoms with Gasteiger partial charge in [-0.1, -0.05) is 13.8 Å². The van der Waals surface area contributed by atoms with Crippen molar-refractivity contribution in [2.45, 2.75) is 59.5 Å². The van der Waals surface area contributed by atoms with E-state index in [4.69, 9.17) is 0 Å². The first kappa shape index (κ1) is 17.2. The first-order valence-corrected chi connectivity index (χ1v) is 7.12. The van der Waals surface area contributed by atoms with Crippen LogP contribution in [-0.2, 0) is 10.3 Å². The van der Waals surface area contributed by atoms with E-state index in [2.05, 4.69) is 10.4 Å². The number of nitrogens with one attached hydrogen (secondary N) is 1. The van der Waals surface area contributed by atoms with Crippen LogP contribution in [0.5, 0.6) is 0 Å². The minimum atomic E-state index is -1.02. The first-order valence-electron chi connectivity index (χ1n) is 7.12. The molecule has 6 heteroatoms. The van der Waals surface area contributed by atoms with Crippen molar-refractivity contribution in [2.75, 3.05) is 0 Å². The monoisotopic (exact) mass is 295 g/mol. The molecule has 0 radical (unpaired) electrons. The van der Waals surface area contributed by atoms with E-state index < -0.39 is 17.9 Å². The molecule has 1 aromatic rings. The summed E-state index contributed by atoms with van der Waals surface area (Å²) in [5, 5.41) is 16.0. The average molecular weight is 295 g/mol. The molecule has 0 aromatic carbocycles. The molecule has 0 saturated heterocycles. The molecule has 0 aliphatic rings. The van der Waals surface area contributed by atoms with Gasteiger partial charge in [-0.15, -0.1) is 0 Å². The van der Waals surface area contributed by atoms with E-state index in [1.807, 2.05) is 41.5 Å². The van der Waals surface area contributed by atoms with Crippen molar-refractivity contribution in [1.82, 2.24) is 15.1 Å². The zero-order chi connectivity index (χ0) is 16.4. The fraction of sp³-hybridized carbons (Fsp3) is 0.667. The fourth-order valence-electron chi connectivity index (χ4n) is 2.24. The number of amides is 1. The maximum absolute atomic E-state index is 12.3. The molecule has 0 unspecified atom stereocenters. The van der Waals surface area contributed by atoms with Gasteiger partial charge in [-0.25, -0.2) is 4.79 Å². The van der Waals surface area contributed by atoms with E-state index in [0.717, 1.165) is 5.69 Å². The highest BCUT2D eigenvalue weighted by Crippen LogP contribution is 2.18. The van der Waals surface area contributed by atoms with Gasteiger partial charge >= 0.3 is 5.97 Å². The molecule has 2 N–H and O–H groups in total. The van der Waals surface area contributed by atoms with Gasteiger partial charge in [-0.2, -0.15) is 5.10 Å². The number of carboxylic acids is 1. The number of aromatic nitrogens is 2. The fourth-order valence-corrected chi connectivity index (χ4v) is 2.24. The number of nitrogens with zero attached hydrogens (tertiary/aromatic N) is 2. The summed E-state index contributed by atoms with van der Waals surface area (Å²) < 4.78 is 1.76. The summed E-state index contributed by atoms with van der Waals surface area (Å²) in [6.07, 6.45) is 1.89. The molecule has 0 fully saturated rings. The Balaban J connectivity index is 2.94. The van der Waals surface area contributed by atoms with Crippen LogP contribution < -0.4 is 5.32 Å². The minimum absolute atomic E-state index is 0.185. The van der Waals surface area contributed by atoms with E-state index in [1.165, 1.54) is 6.20 Å². The van der Waals surface area contributed by atoms with Crippen molar-refractivity contribution in [1.29, 1.82) is 0 Å². The maximum Gasteiger partial charge on any atom is 0.326 e. The number of carbonyl (C=O) groups excluding carboxylic acids is 1. The van der Waals surface area contributed by atoms with Gasteiger partial charge in [0.25, 0.3) is 5.91 Å². The number of aliphatic carboxylic acids is 1. The standard InChI is InChI=1S/C15H25N3O3/c1-9(2)7-12(14(20)21)17-13(19)11-8-16-18(10(11)3)15(4,5)6/h8-9,12H,7H2,1-6H3,(H,17,19)(H,20,21)/t12-/m1/s1. The number of hydrogen-bond donors (Lipinski definition) is 2. The average Bonchev–Trinajstić information content (AvgIpc) is 2.69.